The van der Waals surface area contributed by atoms with Crippen molar-refractivity contribution in [3.8, 4) is 0 Å². The van der Waals surface area contributed by atoms with E-state index in [4.69, 9.17) is 0 Å². The molecular formula is C13H26N2. The van der Waals surface area contributed by atoms with Crippen molar-refractivity contribution in [2.45, 2.75) is 45.6 Å². The van der Waals surface area contributed by atoms with Crippen LogP contribution in [0.25, 0.3) is 0 Å². The molecule has 3 unspecified atom stereocenters. The topological polar surface area (TPSA) is 15.3 Å². The zero-order chi connectivity index (χ0) is 10.9. The molecule has 2 nitrogen and oxygen atoms in total. The second-order valence-electron chi connectivity index (χ2n) is 5.77. The Hall–Kier alpha value is -0.0800. The second kappa shape index (κ2) is 4.42. The molecule has 0 aromatic heterocycles. The number of hydrogen-bond donors (Lipinski definition) is 1. The van der Waals surface area contributed by atoms with Crippen LogP contribution in [-0.4, -0.2) is 37.6 Å². The Bertz CT molecular complexity index is 203. The van der Waals surface area contributed by atoms with Crippen molar-refractivity contribution >= 4 is 0 Å². The number of piperidine rings is 1. The fraction of sp³-hybridized carbons (Fsp3) is 1.00. The lowest BCUT2D eigenvalue weighted by Gasteiger charge is -2.42. The number of nitrogens with zero attached hydrogens (tertiary/aromatic N) is 1. The molecule has 1 spiro atoms. The second-order valence-corrected chi connectivity index (χ2v) is 5.77. The number of hydrogen-bond acceptors (Lipinski definition) is 2. The average Bonchev–Trinajstić information content (AvgIpc) is 2.48. The van der Waals surface area contributed by atoms with Gasteiger partial charge in [-0.2, -0.15) is 0 Å². The Morgan fingerprint density at radius 3 is 2.87 bits per heavy atom. The van der Waals surface area contributed by atoms with Crippen LogP contribution < -0.4 is 5.32 Å². The fourth-order valence-corrected chi connectivity index (χ4v) is 3.73. The lowest BCUT2D eigenvalue weighted by Crippen LogP contribution is -2.46. The van der Waals surface area contributed by atoms with Crippen LogP contribution in [0.2, 0.25) is 0 Å². The minimum atomic E-state index is 0.648. The molecule has 3 atom stereocenters. The summed E-state index contributed by atoms with van der Waals surface area (Å²) in [5.74, 6) is 0.920. The van der Waals surface area contributed by atoms with Crippen LogP contribution in [0, 0.1) is 11.3 Å². The molecule has 15 heavy (non-hydrogen) atoms. The van der Waals surface area contributed by atoms with Crippen molar-refractivity contribution in [2.24, 2.45) is 11.3 Å². The molecule has 0 bridgehead atoms. The molecule has 2 rings (SSSR count). The largest absolute Gasteiger partial charge is 0.316 e. The van der Waals surface area contributed by atoms with Gasteiger partial charge in [0, 0.05) is 12.6 Å². The van der Waals surface area contributed by atoms with E-state index in [1.54, 1.807) is 0 Å². The summed E-state index contributed by atoms with van der Waals surface area (Å²) in [7, 11) is 2.30. The molecule has 1 N–H and O–H groups in total. The van der Waals surface area contributed by atoms with E-state index in [0.29, 0.717) is 5.41 Å². The predicted octanol–water partition coefficient (Wildman–Crippen LogP) is 2.11. The van der Waals surface area contributed by atoms with E-state index >= 15 is 0 Å². The first kappa shape index (κ1) is 11.4. The van der Waals surface area contributed by atoms with E-state index in [0.717, 1.165) is 12.0 Å². The molecule has 0 aromatic carbocycles. The maximum absolute atomic E-state index is 3.58. The van der Waals surface area contributed by atoms with Gasteiger partial charge in [0.25, 0.3) is 0 Å². The zero-order valence-corrected chi connectivity index (χ0v) is 10.6. The minimum absolute atomic E-state index is 0.648. The van der Waals surface area contributed by atoms with Crippen LogP contribution in [0.3, 0.4) is 0 Å². The summed E-state index contributed by atoms with van der Waals surface area (Å²) >= 11 is 0. The normalized spacial score (nSPS) is 42.6. The van der Waals surface area contributed by atoms with E-state index in [1.807, 2.05) is 0 Å². The van der Waals surface area contributed by atoms with Crippen molar-refractivity contribution in [1.82, 2.24) is 10.2 Å². The number of rotatable bonds is 2. The summed E-state index contributed by atoms with van der Waals surface area (Å²) in [6, 6.07) is 0.794. The maximum Gasteiger partial charge on any atom is 0.00700 e. The van der Waals surface area contributed by atoms with Gasteiger partial charge < -0.3 is 10.2 Å². The van der Waals surface area contributed by atoms with E-state index in [1.165, 1.54) is 45.3 Å². The van der Waals surface area contributed by atoms with Crippen LogP contribution >= 0.6 is 0 Å². The Labute approximate surface area is 94.4 Å². The SMILES string of the molecule is CCCC1CNCCC12CC(C)N(C)C2. The first-order valence-corrected chi connectivity index (χ1v) is 6.59. The molecule has 2 saturated heterocycles. The van der Waals surface area contributed by atoms with Gasteiger partial charge in [0.05, 0.1) is 0 Å². The Morgan fingerprint density at radius 2 is 2.27 bits per heavy atom. The van der Waals surface area contributed by atoms with Crippen LogP contribution in [-0.2, 0) is 0 Å². The Balaban J connectivity index is 2.09. The molecule has 2 heterocycles. The standard InChI is InChI=1S/C13H26N2/c1-4-5-12-9-14-7-6-13(12)8-11(2)15(3)10-13/h11-12,14H,4-10H2,1-3H3. The lowest BCUT2D eigenvalue weighted by molar-refractivity contribution is 0.109. The Morgan fingerprint density at radius 1 is 1.47 bits per heavy atom. The third kappa shape index (κ3) is 2.07. The van der Waals surface area contributed by atoms with Gasteiger partial charge in [-0.1, -0.05) is 13.3 Å². The zero-order valence-electron chi connectivity index (χ0n) is 10.6. The monoisotopic (exact) mass is 210 g/mol. The molecule has 0 amide bonds. The lowest BCUT2D eigenvalue weighted by atomic mass is 9.68. The molecule has 88 valence electrons. The van der Waals surface area contributed by atoms with E-state index in [2.05, 4.69) is 31.1 Å². The van der Waals surface area contributed by atoms with Gasteiger partial charge in [0.15, 0.2) is 0 Å². The molecule has 0 aromatic rings. The summed E-state index contributed by atoms with van der Waals surface area (Å²) < 4.78 is 0. The fourth-order valence-electron chi connectivity index (χ4n) is 3.73. The molecular weight excluding hydrogens is 184 g/mol. The molecule has 2 heteroatoms. The summed E-state index contributed by atoms with van der Waals surface area (Å²) in [6.07, 6.45) is 5.57. The highest BCUT2D eigenvalue weighted by Crippen LogP contribution is 2.46. The van der Waals surface area contributed by atoms with Gasteiger partial charge in [0.1, 0.15) is 0 Å². The molecule has 0 aliphatic carbocycles. The highest BCUT2D eigenvalue weighted by molar-refractivity contribution is 5.00. The van der Waals surface area contributed by atoms with Gasteiger partial charge in [-0.25, -0.2) is 0 Å². The first-order valence-electron chi connectivity index (χ1n) is 6.59. The van der Waals surface area contributed by atoms with E-state index < -0.39 is 0 Å². The number of likely N-dealkylation sites (tertiary alicyclic amines) is 1. The van der Waals surface area contributed by atoms with E-state index in [9.17, 15) is 0 Å². The van der Waals surface area contributed by atoms with Crippen molar-refractivity contribution in [3.05, 3.63) is 0 Å². The van der Waals surface area contributed by atoms with Gasteiger partial charge in [-0.15, -0.1) is 0 Å². The van der Waals surface area contributed by atoms with Crippen LogP contribution in [0.4, 0.5) is 0 Å². The van der Waals surface area contributed by atoms with E-state index in [-0.39, 0.29) is 0 Å². The maximum atomic E-state index is 3.58. The quantitative estimate of drug-likeness (QED) is 0.751. The predicted molar refractivity (Wildman–Crippen MR) is 65.0 cm³/mol. The van der Waals surface area contributed by atoms with Crippen LogP contribution in [0.1, 0.15) is 39.5 Å². The Kier molecular flexibility index (Phi) is 3.36. The molecule has 0 saturated carbocycles. The van der Waals surface area contributed by atoms with Crippen molar-refractivity contribution in [1.29, 1.82) is 0 Å². The van der Waals surface area contributed by atoms with Gasteiger partial charge in [-0.3, -0.25) is 0 Å². The molecule has 2 aliphatic rings. The summed E-state index contributed by atoms with van der Waals surface area (Å²) in [6.45, 7) is 8.54. The summed E-state index contributed by atoms with van der Waals surface area (Å²) in [5, 5.41) is 3.58. The number of nitrogens with one attached hydrogen (secondary N) is 1. The van der Waals surface area contributed by atoms with Gasteiger partial charge >= 0.3 is 0 Å². The third-order valence-electron chi connectivity index (χ3n) is 4.71. The molecule has 2 aliphatic heterocycles. The smallest absolute Gasteiger partial charge is 0.00700 e. The van der Waals surface area contributed by atoms with Crippen LogP contribution in [0.5, 0.6) is 0 Å². The summed E-state index contributed by atoms with van der Waals surface area (Å²) in [5.41, 5.74) is 0.648. The van der Waals surface area contributed by atoms with Crippen LogP contribution in [0.15, 0.2) is 0 Å². The minimum Gasteiger partial charge on any atom is -0.316 e. The van der Waals surface area contributed by atoms with Gasteiger partial charge in [0.2, 0.25) is 0 Å². The average molecular weight is 210 g/mol. The van der Waals surface area contributed by atoms with Gasteiger partial charge in [-0.05, 0) is 57.7 Å². The highest BCUT2D eigenvalue weighted by Gasteiger charge is 2.46. The highest BCUT2D eigenvalue weighted by atomic mass is 15.2. The summed E-state index contributed by atoms with van der Waals surface area (Å²) in [4.78, 5) is 2.56. The molecule has 2 fully saturated rings. The van der Waals surface area contributed by atoms with Crippen molar-refractivity contribution in [2.75, 3.05) is 26.7 Å². The molecule has 0 radical (unpaired) electrons. The third-order valence-corrected chi connectivity index (χ3v) is 4.71. The van der Waals surface area contributed by atoms with Crippen molar-refractivity contribution < 1.29 is 0 Å². The first-order chi connectivity index (χ1) is 7.18. The van der Waals surface area contributed by atoms with Crippen molar-refractivity contribution in [3.63, 3.8) is 0 Å².